The first-order valence-electron chi connectivity index (χ1n) is 10.00. The Morgan fingerprint density at radius 1 is 1.21 bits per heavy atom. The fourth-order valence-electron chi connectivity index (χ4n) is 3.23. The van der Waals surface area contributed by atoms with Gasteiger partial charge in [0.15, 0.2) is 5.16 Å². The summed E-state index contributed by atoms with van der Waals surface area (Å²) in [6.07, 6.45) is 0.898. The van der Waals surface area contributed by atoms with Crippen LogP contribution in [0.5, 0.6) is 0 Å². The number of hydrogen-bond acceptors (Lipinski definition) is 5. The van der Waals surface area contributed by atoms with Gasteiger partial charge in [-0.25, -0.2) is 4.98 Å². The highest BCUT2D eigenvalue weighted by Crippen LogP contribution is 2.18. The van der Waals surface area contributed by atoms with E-state index in [4.69, 9.17) is 0 Å². The molecule has 1 amide bonds. The Morgan fingerprint density at radius 2 is 1.89 bits per heavy atom. The van der Waals surface area contributed by atoms with Gasteiger partial charge in [0.25, 0.3) is 5.56 Å². The van der Waals surface area contributed by atoms with Crippen LogP contribution in [0, 0.1) is 0 Å². The highest BCUT2D eigenvalue weighted by molar-refractivity contribution is 7.99. The lowest BCUT2D eigenvalue weighted by atomic mass is 10.2. The highest BCUT2D eigenvalue weighted by atomic mass is 32.2. The summed E-state index contributed by atoms with van der Waals surface area (Å²) in [5, 5.41) is 4.08. The van der Waals surface area contributed by atoms with Crippen LogP contribution in [0.4, 0.5) is 0 Å². The zero-order chi connectivity index (χ0) is 20.7. The zero-order valence-electron chi connectivity index (χ0n) is 17.6. The van der Waals surface area contributed by atoms with Crippen LogP contribution >= 0.6 is 11.8 Å². The summed E-state index contributed by atoms with van der Waals surface area (Å²) >= 11 is 1.32. The summed E-state index contributed by atoms with van der Waals surface area (Å²) in [5.41, 5.74) is 0.624. The number of hydrogen-bond donors (Lipinski definition) is 1. The second-order valence-corrected chi connectivity index (χ2v) is 8.37. The number of rotatable bonds is 10. The molecule has 0 saturated heterocycles. The Bertz CT molecular complexity index is 840. The van der Waals surface area contributed by atoms with Gasteiger partial charge in [0, 0.05) is 31.7 Å². The smallest absolute Gasteiger partial charge is 0.262 e. The van der Waals surface area contributed by atoms with Crippen LogP contribution < -0.4 is 10.9 Å². The van der Waals surface area contributed by atoms with Gasteiger partial charge in [0.1, 0.15) is 0 Å². The van der Waals surface area contributed by atoms with Crippen molar-refractivity contribution in [1.29, 1.82) is 0 Å². The quantitative estimate of drug-likeness (QED) is 0.487. The van der Waals surface area contributed by atoms with Gasteiger partial charge in [0.05, 0.1) is 16.7 Å². The van der Waals surface area contributed by atoms with Crippen LogP contribution in [0.1, 0.15) is 41.0 Å². The first kappa shape index (κ1) is 22.4. The first-order valence-corrected chi connectivity index (χ1v) is 11.0. The Kier molecular flexibility index (Phi) is 8.51. The third-order valence-electron chi connectivity index (χ3n) is 4.64. The minimum atomic E-state index is -0.0467. The largest absolute Gasteiger partial charge is 0.355 e. The second kappa shape index (κ2) is 10.6. The molecule has 1 N–H and O–H groups in total. The summed E-state index contributed by atoms with van der Waals surface area (Å²) in [4.78, 5) is 32.2. The van der Waals surface area contributed by atoms with Gasteiger partial charge in [-0.05, 0) is 46.2 Å². The summed E-state index contributed by atoms with van der Waals surface area (Å²) in [7, 11) is 0. The molecule has 0 spiro atoms. The number of carbonyl (C=O) groups excluding carboxylic acids is 1. The molecule has 0 aliphatic carbocycles. The lowest BCUT2D eigenvalue weighted by molar-refractivity contribution is -0.118. The summed E-state index contributed by atoms with van der Waals surface area (Å²) in [6.45, 7) is 12.6. The Balaban J connectivity index is 2.31. The standard InChI is InChI=1S/C21H32N4O2S/c1-6-11-22-19(26)14-28-21-23-18-10-8-7-9-17(18)20(27)25(21)13-12-24(15(2)3)16(4)5/h7-10,15-16H,6,11-14H2,1-5H3,(H,22,26). The maximum Gasteiger partial charge on any atom is 0.262 e. The maximum atomic E-state index is 13.1. The highest BCUT2D eigenvalue weighted by Gasteiger charge is 2.17. The molecule has 0 radical (unpaired) electrons. The minimum Gasteiger partial charge on any atom is -0.355 e. The predicted molar refractivity (Wildman–Crippen MR) is 117 cm³/mol. The molecule has 28 heavy (non-hydrogen) atoms. The minimum absolute atomic E-state index is 0.0354. The molecule has 6 nitrogen and oxygen atoms in total. The molecule has 0 bridgehead atoms. The normalized spacial score (nSPS) is 11.7. The van der Waals surface area contributed by atoms with Crippen molar-refractivity contribution in [1.82, 2.24) is 19.8 Å². The van der Waals surface area contributed by atoms with Gasteiger partial charge in [-0.3, -0.25) is 19.1 Å². The number of nitrogens with one attached hydrogen (secondary N) is 1. The van der Waals surface area contributed by atoms with E-state index in [9.17, 15) is 9.59 Å². The van der Waals surface area contributed by atoms with Crippen molar-refractivity contribution in [3.63, 3.8) is 0 Å². The Labute approximate surface area is 171 Å². The van der Waals surface area contributed by atoms with Crippen molar-refractivity contribution in [3.8, 4) is 0 Å². The molecule has 1 aromatic heterocycles. The fourth-order valence-corrected chi connectivity index (χ4v) is 4.08. The third-order valence-corrected chi connectivity index (χ3v) is 5.62. The number of nitrogens with zero attached hydrogens (tertiary/aromatic N) is 3. The molecule has 0 unspecified atom stereocenters. The average molecular weight is 405 g/mol. The third kappa shape index (κ3) is 5.82. The van der Waals surface area contributed by atoms with Crippen LogP contribution in [-0.2, 0) is 11.3 Å². The van der Waals surface area contributed by atoms with E-state index in [2.05, 4.69) is 42.9 Å². The van der Waals surface area contributed by atoms with Crippen molar-refractivity contribution < 1.29 is 4.79 Å². The van der Waals surface area contributed by atoms with Gasteiger partial charge < -0.3 is 5.32 Å². The second-order valence-electron chi connectivity index (χ2n) is 7.43. The maximum absolute atomic E-state index is 13.1. The predicted octanol–water partition coefficient (Wildman–Crippen LogP) is 3.13. The van der Waals surface area contributed by atoms with Gasteiger partial charge in [-0.2, -0.15) is 0 Å². The van der Waals surface area contributed by atoms with E-state index in [-0.39, 0.29) is 17.2 Å². The van der Waals surface area contributed by atoms with E-state index >= 15 is 0 Å². The molecule has 0 aliphatic rings. The first-order chi connectivity index (χ1) is 13.3. The van der Waals surface area contributed by atoms with Crippen molar-refractivity contribution in [2.24, 2.45) is 0 Å². The van der Waals surface area contributed by atoms with Gasteiger partial charge in [0.2, 0.25) is 5.91 Å². The zero-order valence-corrected chi connectivity index (χ0v) is 18.4. The van der Waals surface area contributed by atoms with Gasteiger partial charge >= 0.3 is 0 Å². The molecule has 1 aromatic carbocycles. The van der Waals surface area contributed by atoms with Crippen molar-refractivity contribution in [2.45, 2.75) is 64.8 Å². The molecule has 2 aromatic rings. The van der Waals surface area contributed by atoms with Gasteiger partial charge in [-0.1, -0.05) is 30.8 Å². The molecule has 1 heterocycles. The molecule has 2 rings (SSSR count). The monoisotopic (exact) mass is 404 g/mol. The Hall–Kier alpha value is -1.86. The fraction of sp³-hybridized carbons (Fsp3) is 0.571. The number of aromatic nitrogens is 2. The van der Waals surface area contributed by atoms with Crippen molar-refractivity contribution in [2.75, 3.05) is 18.8 Å². The molecular weight excluding hydrogens is 372 g/mol. The molecule has 0 fully saturated rings. The van der Waals surface area contributed by atoms with E-state index < -0.39 is 0 Å². The van der Waals surface area contributed by atoms with E-state index in [0.717, 1.165) is 13.0 Å². The summed E-state index contributed by atoms with van der Waals surface area (Å²) < 4.78 is 1.72. The van der Waals surface area contributed by atoms with Crippen LogP contribution in [0.25, 0.3) is 10.9 Å². The number of para-hydroxylation sites is 1. The summed E-state index contributed by atoms with van der Waals surface area (Å²) in [6, 6.07) is 8.17. The number of amides is 1. The van der Waals surface area contributed by atoms with Crippen LogP contribution in [0.3, 0.4) is 0 Å². The number of fused-ring (bicyclic) bond motifs is 1. The molecule has 0 aliphatic heterocycles. The molecule has 0 atom stereocenters. The van der Waals surface area contributed by atoms with E-state index in [1.165, 1.54) is 11.8 Å². The van der Waals surface area contributed by atoms with Crippen molar-refractivity contribution >= 4 is 28.6 Å². The Morgan fingerprint density at radius 3 is 2.54 bits per heavy atom. The number of thioether (sulfide) groups is 1. The van der Waals surface area contributed by atoms with Crippen LogP contribution in [-0.4, -0.2) is 51.3 Å². The molecule has 154 valence electrons. The average Bonchev–Trinajstić information content (AvgIpc) is 2.66. The lowest BCUT2D eigenvalue weighted by Crippen LogP contribution is -2.40. The SMILES string of the molecule is CCCNC(=O)CSc1nc2ccccc2c(=O)n1CCN(C(C)C)C(C)C. The number of benzene rings is 1. The molecule has 7 heteroatoms. The topological polar surface area (TPSA) is 67.2 Å². The van der Waals surface area contributed by atoms with E-state index in [1.54, 1.807) is 4.57 Å². The van der Waals surface area contributed by atoms with Crippen molar-refractivity contribution in [3.05, 3.63) is 34.6 Å². The van der Waals surface area contributed by atoms with Crippen LogP contribution in [0.2, 0.25) is 0 Å². The lowest BCUT2D eigenvalue weighted by Gasteiger charge is -2.30. The van der Waals surface area contributed by atoms with E-state index in [0.29, 0.717) is 41.2 Å². The number of carbonyl (C=O) groups is 1. The molecular formula is C21H32N4O2S. The summed E-state index contributed by atoms with van der Waals surface area (Å²) in [5.74, 6) is 0.217. The van der Waals surface area contributed by atoms with Gasteiger partial charge in [-0.15, -0.1) is 0 Å². The van der Waals surface area contributed by atoms with Crippen LogP contribution in [0.15, 0.2) is 34.2 Å². The van der Waals surface area contributed by atoms with E-state index in [1.807, 2.05) is 31.2 Å². The molecule has 0 saturated carbocycles.